The van der Waals surface area contributed by atoms with Gasteiger partial charge in [0.2, 0.25) is 5.95 Å². The van der Waals surface area contributed by atoms with Crippen molar-refractivity contribution >= 4 is 11.9 Å². The number of carbonyl (C=O) groups is 1. The highest BCUT2D eigenvalue weighted by atomic mass is 16.1. The first-order chi connectivity index (χ1) is 13.0. The van der Waals surface area contributed by atoms with E-state index in [2.05, 4.69) is 27.1 Å². The van der Waals surface area contributed by atoms with Crippen LogP contribution in [0.15, 0.2) is 60.9 Å². The van der Waals surface area contributed by atoms with Gasteiger partial charge in [-0.25, -0.2) is 9.97 Å². The number of benzene rings is 2. The lowest BCUT2D eigenvalue weighted by Gasteiger charge is -2.14. The van der Waals surface area contributed by atoms with E-state index in [0.717, 1.165) is 16.7 Å². The Morgan fingerprint density at radius 3 is 2.48 bits per heavy atom. The van der Waals surface area contributed by atoms with Crippen LogP contribution in [0.4, 0.5) is 5.95 Å². The molecule has 0 saturated heterocycles. The molecule has 3 rings (SSSR count). The number of nitrogens with zero attached hydrogens (tertiary/aromatic N) is 2. The van der Waals surface area contributed by atoms with Gasteiger partial charge in [0.15, 0.2) is 0 Å². The Labute approximate surface area is 158 Å². The average molecular weight is 356 g/mol. The Bertz CT molecular complexity index is 1000. The second kappa shape index (κ2) is 8.15. The summed E-state index contributed by atoms with van der Waals surface area (Å²) < 4.78 is 0. The van der Waals surface area contributed by atoms with Gasteiger partial charge in [-0.15, -0.1) is 0 Å². The number of carbonyl (C=O) groups excluding carboxylic acids is 1. The van der Waals surface area contributed by atoms with Gasteiger partial charge >= 0.3 is 0 Å². The van der Waals surface area contributed by atoms with Crippen LogP contribution in [0.1, 0.15) is 45.6 Å². The number of hydrogen-bond donors (Lipinski definition) is 2. The normalized spacial score (nSPS) is 11.2. The zero-order valence-electron chi connectivity index (χ0n) is 15.2. The average Bonchev–Trinajstić information content (AvgIpc) is 2.69. The smallest absolute Gasteiger partial charge is 0.251 e. The van der Waals surface area contributed by atoms with Gasteiger partial charge in [0, 0.05) is 23.5 Å². The standard InChI is InChI=1S/C22H20N4O/c1-15-8-10-20(21(27)26-16(2)18-6-4-3-5-7-18)12-19(15)11-9-17-13-24-22(23)25-14-17/h3-8,10,12-14,16H,1-2H3,(H,26,27)(H2,23,24,25)/t16-/m1/s1. The van der Waals surface area contributed by atoms with E-state index >= 15 is 0 Å². The number of nitrogens with one attached hydrogen (secondary N) is 1. The third kappa shape index (κ3) is 4.71. The lowest BCUT2D eigenvalue weighted by molar-refractivity contribution is 0.0940. The first-order valence-corrected chi connectivity index (χ1v) is 8.59. The summed E-state index contributed by atoms with van der Waals surface area (Å²) in [6.07, 6.45) is 3.14. The summed E-state index contributed by atoms with van der Waals surface area (Å²) in [5.74, 6) is 6.15. The highest BCUT2D eigenvalue weighted by Gasteiger charge is 2.12. The molecule has 5 nitrogen and oxygen atoms in total. The van der Waals surface area contributed by atoms with E-state index < -0.39 is 0 Å². The maximum atomic E-state index is 12.6. The maximum absolute atomic E-state index is 12.6. The molecule has 0 spiro atoms. The highest BCUT2D eigenvalue weighted by Crippen LogP contribution is 2.14. The highest BCUT2D eigenvalue weighted by molar-refractivity contribution is 5.95. The SMILES string of the molecule is Cc1ccc(C(=O)N[C@H](C)c2ccccc2)cc1C#Cc1cnc(N)nc1. The van der Waals surface area contributed by atoms with Crippen LogP contribution in [-0.2, 0) is 0 Å². The molecule has 0 aliphatic heterocycles. The molecular weight excluding hydrogens is 336 g/mol. The summed E-state index contributed by atoms with van der Waals surface area (Å²) in [6, 6.07) is 15.3. The molecule has 1 amide bonds. The van der Waals surface area contributed by atoms with Crippen molar-refractivity contribution in [2.75, 3.05) is 5.73 Å². The third-order valence-electron chi connectivity index (χ3n) is 4.16. The molecule has 0 fully saturated rings. The summed E-state index contributed by atoms with van der Waals surface area (Å²) >= 11 is 0. The Kier molecular flexibility index (Phi) is 5.48. The second-order valence-electron chi connectivity index (χ2n) is 6.22. The Morgan fingerprint density at radius 1 is 1.07 bits per heavy atom. The van der Waals surface area contributed by atoms with Gasteiger partial charge in [-0.05, 0) is 37.1 Å². The lowest BCUT2D eigenvalue weighted by atomic mass is 10.0. The largest absolute Gasteiger partial charge is 0.368 e. The molecule has 3 aromatic rings. The van der Waals surface area contributed by atoms with Crippen LogP contribution in [0, 0.1) is 18.8 Å². The predicted molar refractivity (Wildman–Crippen MR) is 106 cm³/mol. The van der Waals surface area contributed by atoms with E-state index in [1.54, 1.807) is 24.5 Å². The molecule has 0 aliphatic rings. The molecule has 5 heteroatoms. The molecule has 0 aliphatic carbocycles. The number of rotatable bonds is 3. The van der Waals surface area contributed by atoms with E-state index in [1.165, 1.54) is 0 Å². The first-order valence-electron chi connectivity index (χ1n) is 8.59. The van der Waals surface area contributed by atoms with Crippen molar-refractivity contribution in [1.82, 2.24) is 15.3 Å². The summed E-state index contributed by atoms with van der Waals surface area (Å²) in [6.45, 7) is 3.92. The molecule has 1 heterocycles. The van der Waals surface area contributed by atoms with Crippen molar-refractivity contribution in [2.24, 2.45) is 0 Å². The fourth-order valence-electron chi connectivity index (χ4n) is 2.55. The minimum Gasteiger partial charge on any atom is -0.368 e. The third-order valence-corrected chi connectivity index (χ3v) is 4.16. The molecule has 27 heavy (non-hydrogen) atoms. The van der Waals surface area contributed by atoms with Crippen LogP contribution >= 0.6 is 0 Å². The predicted octanol–water partition coefficient (Wildman–Crippen LogP) is 3.26. The van der Waals surface area contributed by atoms with Crippen LogP contribution in [0.25, 0.3) is 0 Å². The monoisotopic (exact) mass is 356 g/mol. The summed E-state index contributed by atoms with van der Waals surface area (Å²) in [5, 5.41) is 3.02. The van der Waals surface area contributed by atoms with Crippen molar-refractivity contribution in [1.29, 1.82) is 0 Å². The minimum atomic E-state index is -0.134. The molecule has 2 aromatic carbocycles. The summed E-state index contributed by atoms with van der Waals surface area (Å²) in [4.78, 5) is 20.5. The Morgan fingerprint density at radius 2 is 1.78 bits per heavy atom. The van der Waals surface area contributed by atoms with Gasteiger partial charge < -0.3 is 11.1 Å². The van der Waals surface area contributed by atoms with Crippen LogP contribution in [0.2, 0.25) is 0 Å². The molecule has 0 bridgehead atoms. The van der Waals surface area contributed by atoms with E-state index in [9.17, 15) is 4.79 Å². The number of nitrogens with two attached hydrogens (primary N) is 1. The first kappa shape index (κ1) is 18.2. The molecule has 3 N–H and O–H groups in total. The molecule has 0 radical (unpaired) electrons. The molecular formula is C22H20N4O. The quantitative estimate of drug-likeness (QED) is 0.706. The van der Waals surface area contributed by atoms with Gasteiger partial charge in [-0.3, -0.25) is 4.79 Å². The van der Waals surface area contributed by atoms with E-state index in [0.29, 0.717) is 11.1 Å². The van der Waals surface area contributed by atoms with E-state index in [1.807, 2.05) is 50.2 Å². The summed E-state index contributed by atoms with van der Waals surface area (Å²) in [5.41, 5.74) is 9.54. The van der Waals surface area contributed by atoms with Gasteiger partial charge in [-0.1, -0.05) is 48.2 Å². The van der Waals surface area contributed by atoms with Crippen molar-refractivity contribution in [2.45, 2.75) is 19.9 Å². The fourth-order valence-corrected chi connectivity index (χ4v) is 2.55. The molecule has 1 aromatic heterocycles. The number of anilines is 1. The zero-order valence-corrected chi connectivity index (χ0v) is 15.2. The van der Waals surface area contributed by atoms with E-state index in [-0.39, 0.29) is 17.9 Å². The zero-order chi connectivity index (χ0) is 19.2. The fraction of sp³-hybridized carbons (Fsp3) is 0.136. The Hall–Kier alpha value is -3.65. The molecule has 1 atom stereocenters. The second-order valence-corrected chi connectivity index (χ2v) is 6.22. The van der Waals surface area contributed by atoms with Gasteiger partial charge in [0.1, 0.15) is 0 Å². The van der Waals surface area contributed by atoms with Gasteiger partial charge in [0.25, 0.3) is 5.91 Å². The van der Waals surface area contributed by atoms with Crippen molar-refractivity contribution < 1.29 is 4.79 Å². The molecule has 134 valence electrons. The molecule has 0 unspecified atom stereocenters. The van der Waals surface area contributed by atoms with Crippen molar-refractivity contribution in [3.05, 3.63) is 88.7 Å². The van der Waals surface area contributed by atoms with Crippen molar-refractivity contribution in [3.8, 4) is 11.8 Å². The molecule has 0 saturated carbocycles. The topological polar surface area (TPSA) is 80.9 Å². The summed E-state index contributed by atoms with van der Waals surface area (Å²) in [7, 11) is 0. The van der Waals surface area contributed by atoms with Crippen LogP contribution in [0.3, 0.4) is 0 Å². The number of amides is 1. The number of aryl methyl sites for hydroxylation is 1. The van der Waals surface area contributed by atoms with E-state index in [4.69, 9.17) is 5.73 Å². The number of nitrogen functional groups attached to an aromatic ring is 1. The van der Waals surface area contributed by atoms with Crippen LogP contribution < -0.4 is 11.1 Å². The minimum absolute atomic E-state index is 0.0820. The lowest BCUT2D eigenvalue weighted by Crippen LogP contribution is -2.26. The number of aromatic nitrogens is 2. The van der Waals surface area contributed by atoms with Crippen LogP contribution in [0.5, 0.6) is 0 Å². The van der Waals surface area contributed by atoms with Crippen molar-refractivity contribution in [3.63, 3.8) is 0 Å². The van der Waals surface area contributed by atoms with Gasteiger partial charge in [0.05, 0.1) is 11.6 Å². The van der Waals surface area contributed by atoms with Gasteiger partial charge in [-0.2, -0.15) is 0 Å². The van der Waals surface area contributed by atoms with Crippen LogP contribution in [-0.4, -0.2) is 15.9 Å². The maximum Gasteiger partial charge on any atom is 0.251 e. The number of hydrogen-bond acceptors (Lipinski definition) is 4. The Balaban J connectivity index is 1.78.